The highest BCUT2D eigenvalue weighted by Gasteiger charge is 2.14. The van der Waals surface area contributed by atoms with E-state index in [-0.39, 0.29) is 5.82 Å². The number of hydrogen-bond donors (Lipinski definition) is 1. The van der Waals surface area contributed by atoms with Crippen LogP contribution in [0.25, 0.3) is 0 Å². The fourth-order valence-corrected chi connectivity index (χ4v) is 3.52. The first-order chi connectivity index (χ1) is 9.02. The molecule has 19 heavy (non-hydrogen) atoms. The minimum atomic E-state index is -0.264. The molecule has 0 bridgehead atoms. The monoisotopic (exact) mass is 406 g/mol. The van der Waals surface area contributed by atoms with E-state index < -0.39 is 0 Å². The van der Waals surface area contributed by atoms with Crippen LogP contribution in [-0.2, 0) is 13.1 Å². The number of nitrogens with two attached hydrogens (primary N) is 1. The molecule has 0 aliphatic rings. The molecule has 2 rings (SSSR count). The SMILES string of the molecule is CN(Cc1csc(Br)c1)c1ccc(CN)c(Br)c1F. The average molecular weight is 408 g/mol. The van der Waals surface area contributed by atoms with Gasteiger partial charge in [0, 0.05) is 20.1 Å². The van der Waals surface area contributed by atoms with Crippen molar-refractivity contribution >= 4 is 48.9 Å². The van der Waals surface area contributed by atoms with E-state index in [9.17, 15) is 4.39 Å². The van der Waals surface area contributed by atoms with E-state index >= 15 is 0 Å². The number of benzene rings is 1. The van der Waals surface area contributed by atoms with Gasteiger partial charge in [0.05, 0.1) is 13.9 Å². The summed E-state index contributed by atoms with van der Waals surface area (Å²) in [7, 11) is 1.87. The van der Waals surface area contributed by atoms with Crippen LogP contribution in [0.1, 0.15) is 11.1 Å². The van der Waals surface area contributed by atoms with E-state index in [1.54, 1.807) is 17.4 Å². The van der Waals surface area contributed by atoms with Crippen molar-refractivity contribution < 1.29 is 4.39 Å². The Morgan fingerprint density at radius 1 is 1.37 bits per heavy atom. The Hall–Kier alpha value is -0.430. The Morgan fingerprint density at radius 3 is 2.68 bits per heavy atom. The Kier molecular flexibility index (Phi) is 5.00. The molecule has 0 aliphatic heterocycles. The largest absolute Gasteiger partial charge is 0.368 e. The Bertz CT molecular complexity index is 586. The van der Waals surface area contributed by atoms with Crippen molar-refractivity contribution in [3.05, 3.63) is 48.8 Å². The highest BCUT2D eigenvalue weighted by molar-refractivity contribution is 9.11. The molecule has 0 spiro atoms. The van der Waals surface area contributed by atoms with Crippen molar-refractivity contribution in [1.82, 2.24) is 0 Å². The molecule has 0 aliphatic carbocycles. The number of thiophene rings is 1. The van der Waals surface area contributed by atoms with Crippen LogP contribution in [0.3, 0.4) is 0 Å². The summed E-state index contributed by atoms with van der Waals surface area (Å²) in [4.78, 5) is 1.88. The van der Waals surface area contributed by atoms with Crippen LogP contribution in [0.15, 0.2) is 31.8 Å². The van der Waals surface area contributed by atoms with Gasteiger partial charge in [0.2, 0.25) is 0 Å². The second-order valence-corrected chi connectivity index (χ2v) is 7.27. The van der Waals surface area contributed by atoms with Crippen molar-refractivity contribution in [2.75, 3.05) is 11.9 Å². The topological polar surface area (TPSA) is 29.3 Å². The number of anilines is 1. The first-order valence-corrected chi connectivity index (χ1v) is 8.10. The molecule has 0 saturated heterocycles. The Labute approximate surface area is 132 Å². The maximum absolute atomic E-state index is 14.3. The summed E-state index contributed by atoms with van der Waals surface area (Å²) in [5, 5.41) is 2.06. The average Bonchev–Trinajstić information content (AvgIpc) is 2.78. The molecule has 0 atom stereocenters. The van der Waals surface area contributed by atoms with Gasteiger partial charge in [-0.15, -0.1) is 11.3 Å². The van der Waals surface area contributed by atoms with Crippen LogP contribution in [0.2, 0.25) is 0 Å². The van der Waals surface area contributed by atoms with E-state index in [4.69, 9.17) is 5.73 Å². The third kappa shape index (κ3) is 3.37. The van der Waals surface area contributed by atoms with Gasteiger partial charge in [0.25, 0.3) is 0 Å². The van der Waals surface area contributed by atoms with Gasteiger partial charge >= 0.3 is 0 Å². The van der Waals surface area contributed by atoms with Gasteiger partial charge in [-0.05, 0) is 60.5 Å². The first kappa shape index (κ1) is 15.0. The lowest BCUT2D eigenvalue weighted by Crippen LogP contribution is -2.18. The molecule has 2 nitrogen and oxygen atoms in total. The van der Waals surface area contributed by atoms with E-state index in [0.29, 0.717) is 23.2 Å². The molecular weight excluding hydrogens is 395 g/mol. The first-order valence-electron chi connectivity index (χ1n) is 5.64. The van der Waals surface area contributed by atoms with E-state index in [1.165, 1.54) is 0 Å². The summed E-state index contributed by atoms with van der Waals surface area (Å²) in [6.45, 7) is 0.979. The fourth-order valence-electron chi connectivity index (χ4n) is 1.82. The molecule has 1 heterocycles. The van der Waals surface area contributed by atoms with Gasteiger partial charge in [-0.2, -0.15) is 0 Å². The van der Waals surface area contributed by atoms with Crippen molar-refractivity contribution in [1.29, 1.82) is 0 Å². The molecule has 0 radical (unpaired) electrons. The van der Waals surface area contributed by atoms with E-state index in [2.05, 4.69) is 37.2 Å². The highest BCUT2D eigenvalue weighted by Crippen LogP contribution is 2.30. The number of hydrogen-bond acceptors (Lipinski definition) is 3. The van der Waals surface area contributed by atoms with Gasteiger partial charge < -0.3 is 10.6 Å². The molecule has 2 N–H and O–H groups in total. The fraction of sp³-hybridized carbons (Fsp3) is 0.231. The van der Waals surface area contributed by atoms with E-state index in [1.807, 2.05) is 24.1 Å². The summed E-state index contributed by atoms with van der Waals surface area (Å²) < 4.78 is 15.8. The molecule has 0 fully saturated rings. The van der Waals surface area contributed by atoms with Crippen LogP contribution in [0, 0.1) is 5.82 Å². The molecule has 2 aromatic rings. The molecule has 0 amide bonds. The highest BCUT2D eigenvalue weighted by atomic mass is 79.9. The van der Waals surface area contributed by atoms with Gasteiger partial charge in [-0.25, -0.2) is 4.39 Å². The molecular formula is C13H13Br2FN2S. The predicted octanol–water partition coefficient (Wildman–Crippen LogP) is 4.51. The lowest BCUT2D eigenvalue weighted by atomic mass is 10.2. The maximum atomic E-state index is 14.3. The molecule has 1 aromatic carbocycles. The van der Waals surface area contributed by atoms with Gasteiger partial charge in [-0.1, -0.05) is 6.07 Å². The number of nitrogens with zero attached hydrogens (tertiary/aromatic N) is 1. The second-order valence-electron chi connectivity index (χ2n) is 4.19. The summed E-state index contributed by atoms with van der Waals surface area (Å²) in [5.41, 5.74) is 8.04. The van der Waals surface area contributed by atoms with Crippen molar-refractivity contribution in [2.24, 2.45) is 5.73 Å². The maximum Gasteiger partial charge on any atom is 0.160 e. The quantitative estimate of drug-likeness (QED) is 0.807. The van der Waals surface area contributed by atoms with Gasteiger partial charge in [0.1, 0.15) is 0 Å². The van der Waals surface area contributed by atoms with Crippen LogP contribution < -0.4 is 10.6 Å². The zero-order valence-corrected chi connectivity index (χ0v) is 14.3. The Morgan fingerprint density at radius 2 is 2.11 bits per heavy atom. The van der Waals surface area contributed by atoms with Crippen LogP contribution in [-0.4, -0.2) is 7.05 Å². The zero-order valence-electron chi connectivity index (χ0n) is 10.3. The smallest absolute Gasteiger partial charge is 0.160 e. The second kappa shape index (κ2) is 6.35. The van der Waals surface area contributed by atoms with Gasteiger partial charge in [-0.3, -0.25) is 0 Å². The third-order valence-electron chi connectivity index (χ3n) is 2.81. The molecule has 6 heteroatoms. The summed E-state index contributed by atoms with van der Waals surface area (Å²) in [6.07, 6.45) is 0. The number of halogens is 3. The van der Waals surface area contributed by atoms with E-state index in [0.717, 1.165) is 14.9 Å². The van der Waals surface area contributed by atoms with Crippen LogP contribution in [0.5, 0.6) is 0 Å². The predicted molar refractivity (Wildman–Crippen MR) is 86.1 cm³/mol. The summed E-state index contributed by atoms with van der Waals surface area (Å²) in [5.74, 6) is -0.264. The summed E-state index contributed by atoms with van der Waals surface area (Å²) >= 11 is 8.32. The summed E-state index contributed by atoms with van der Waals surface area (Å²) in [6, 6.07) is 5.66. The van der Waals surface area contributed by atoms with Gasteiger partial charge in [0.15, 0.2) is 5.82 Å². The standard InChI is InChI=1S/C13H13Br2FN2S/c1-18(6-8-4-11(14)19-7-8)10-3-2-9(5-17)12(15)13(10)16/h2-4,7H,5-6,17H2,1H3. The third-order valence-corrected chi connectivity index (χ3v) is 5.23. The van der Waals surface area contributed by atoms with Crippen LogP contribution >= 0.6 is 43.2 Å². The van der Waals surface area contributed by atoms with Crippen LogP contribution in [0.4, 0.5) is 10.1 Å². The minimum absolute atomic E-state index is 0.264. The van der Waals surface area contributed by atoms with Crippen molar-refractivity contribution in [3.63, 3.8) is 0 Å². The lowest BCUT2D eigenvalue weighted by molar-refractivity contribution is 0.613. The number of rotatable bonds is 4. The Balaban J connectivity index is 2.24. The normalized spacial score (nSPS) is 10.8. The van der Waals surface area contributed by atoms with Crippen molar-refractivity contribution in [3.8, 4) is 0 Å². The zero-order chi connectivity index (χ0) is 14.0. The molecule has 1 aromatic heterocycles. The van der Waals surface area contributed by atoms with Crippen molar-refractivity contribution in [2.45, 2.75) is 13.1 Å². The molecule has 0 unspecified atom stereocenters. The lowest BCUT2D eigenvalue weighted by Gasteiger charge is -2.20. The molecule has 102 valence electrons. The minimum Gasteiger partial charge on any atom is -0.368 e. The molecule has 0 saturated carbocycles.